The second-order valence-corrected chi connectivity index (χ2v) is 4.59. The summed E-state index contributed by atoms with van der Waals surface area (Å²) in [6.07, 6.45) is 4.38. The number of H-pyrrole nitrogens is 1. The van der Waals surface area contributed by atoms with Crippen LogP contribution in [0.15, 0.2) is 24.5 Å². The van der Waals surface area contributed by atoms with E-state index in [0.717, 1.165) is 24.4 Å². The summed E-state index contributed by atoms with van der Waals surface area (Å²) in [5.41, 5.74) is 0.945. The van der Waals surface area contributed by atoms with Gasteiger partial charge in [-0.05, 0) is 30.8 Å². The summed E-state index contributed by atoms with van der Waals surface area (Å²) in [6, 6.07) is 3.84. The van der Waals surface area contributed by atoms with Crippen molar-refractivity contribution in [3.05, 3.63) is 29.3 Å². The van der Waals surface area contributed by atoms with Crippen LogP contribution in [0.2, 0.25) is 0 Å². The van der Waals surface area contributed by atoms with Gasteiger partial charge in [0.1, 0.15) is 0 Å². The Morgan fingerprint density at radius 1 is 1.35 bits per heavy atom. The normalized spacial score (nSPS) is 10.8. The number of nitrogens with zero attached hydrogens (tertiary/aromatic N) is 3. The van der Waals surface area contributed by atoms with Gasteiger partial charge >= 0.3 is 0 Å². The molecule has 0 radical (unpaired) electrons. The van der Waals surface area contributed by atoms with Crippen LogP contribution in [0, 0.1) is 4.77 Å². The largest absolute Gasteiger partial charge is 0.382 e. The van der Waals surface area contributed by atoms with Gasteiger partial charge in [0.25, 0.3) is 0 Å². The zero-order valence-electron chi connectivity index (χ0n) is 11.4. The molecule has 108 valence electrons. The van der Waals surface area contributed by atoms with Crippen molar-refractivity contribution in [2.75, 3.05) is 26.9 Å². The first-order valence-corrected chi connectivity index (χ1v) is 6.86. The third kappa shape index (κ3) is 3.96. The van der Waals surface area contributed by atoms with Gasteiger partial charge < -0.3 is 14.0 Å². The topological polar surface area (TPSA) is 65.0 Å². The molecule has 0 saturated carbocycles. The zero-order valence-corrected chi connectivity index (χ0v) is 12.2. The van der Waals surface area contributed by atoms with E-state index in [1.54, 1.807) is 19.5 Å². The van der Waals surface area contributed by atoms with Crippen molar-refractivity contribution in [2.24, 2.45) is 0 Å². The number of pyridine rings is 1. The van der Waals surface area contributed by atoms with Gasteiger partial charge in [0, 0.05) is 38.2 Å². The van der Waals surface area contributed by atoms with E-state index in [1.807, 2.05) is 16.7 Å². The van der Waals surface area contributed by atoms with Crippen molar-refractivity contribution in [2.45, 2.75) is 13.0 Å². The molecule has 20 heavy (non-hydrogen) atoms. The number of rotatable bonds is 8. The third-order valence-corrected chi connectivity index (χ3v) is 3.09. The Morgan fingerprint density at radius 3 is 3.00 bits per heavy atom. The maximum Gasteiger partial charge on any atom is 0.195 e. The van der Waals surface area contributed by atoms with Gasteiger partial charge in [0.15, 0.2) is 10.6 Å². The lowest BCUT2D eigenvalue weighted by Gasteiger charge is -2.07. The summed E-state index contributed by atoms with van der Waals surface area (Å²) in [5.74, 6) is 0.806. The Labute approximate surface area is 122 Å². The maximum atomic E-state index is 5.44. The molecule has 6 nitrogen and oxygen atoms in total. The van der Waals surface area contributed by atoms with Crippen LogP contribution in [0.3, 0.4) is 0 Å². The highest BCUT2D eigenvalue weighted by atomic mass is 32.1. The van der Waals surface area contributed by atoms with E-state index in [9.17, 15) is 0 Å². The fraction of sp³-hybridized carbons (Fsp3) is 0.462. The molecule has 0 aromatic carbocycles. The van der Waals surface area contributed by atoms with Crippen LogP contribution in [-0.4, -0.2) is 46.7 Å². The molecule has 0 fully saturated rings. The lowest BCUT2D eigenvalue weighted by Crippen LogP contribution is -2.07. The molecule has 0 unspecified atom stereocenters. The summed E-state index contributed by atoms with van der Waals surface area (Å²) in [5, 5.41) is 7.08. The minimum absolute atomic E-state index is 0.612. The second-order valence-electron chi connectivity index (χ2n) is 4.20. The predicted octanol–water partition coefficient (Wildman–Crippen LogP) is 2.06. The van der Waals surface area contributed by atoms with Crippen LogP contribution in [0.5, 0.6) is 0 Å². The average molecular weight is 294 g/mol. The van der Waals surface area contributed by atoms with Crippen LogP contribution < -0.4 is 0 Å². The molecule has 0 aliphatic rings. The van der Waals surface area contributed by atoms with E-state index in [4.69, 9.17) is 21.7 Å². The summed E-state index contributed by atoms with van der Waals surface area (Å²) in [6.45, 7) is 2.66. The summed E-state index contributed by atoms with van der Waals surface area (Å²) in [7, 11) is 1.66. The molecular weight excluding hydrogens is 276 g/mol. The van der Waals surface area contributed by atoms with Crippen molar-refractivity contribution in [3.63, 3.8) is 0 Å². The number of aromatic amines is 1. The van der Waals surface area contributed by atoms with Crippen LogP contribution in [-0.2, 0) is 16.0 Å². The van der Waals surface area contributed by atoms with Crippen molar-refractivity contribution in [1.82, 2.24) is 19.7 Å². The Kier molecular flexibility index (Phi) is 5.85. The molecule has 2 rings (SSSR count). The number of methoxy groups -OCH3 is 1. The van der Waals surface area contributed by atoms with E-state index in [0.29, 0.717) is 24.6 Å². The zero-order chi connectivity index (χ0) is 14.2. The Balaban J connectivity index is 1.95. The van der Waals surface area contributed by atoms with Crippen LogP contribution in [0.25, 0.3) is 11.4 Å². The van der Waals surface area contributed by atoms with E-state index >= 15 is 0 Å². The summed E-state index contributed by atoms with van der Waals surface area (Å²) in [4.78, 5) is 4.10. The van der Waals surface area contributed by atoms with Gasteiger partial charge in [0.05, 0.1) is 13.2 Å². The first-order valence-electron chi connectivity index (χ1n) is 6.45. The van der Waals surface area contributed by atoms with E-state index in [1.165, 1.54) is 0 Å². The molecular formula is C13H18N4O2S. The summed E-state index contributed by atoms with van der Waals surface area (Å²) >= 11 is 5.26. The second kappa shape index (κ2) is 7.88. The Bertz CT molecular complexity index is 567. The Hall–Kier alpha value is -1.57. The first-order chi connectivity index (χ1) is 9.83. The maximum absolute atomic E-state index is 5.44. The molecule has 0 aliphatic heterocycles. The minimum Gasteiger partial charge on any atom is -0.382 e. The van der Waals surface area contributed by atoms with Gasteiger partial charge in [-0.15, -0.1) is 0 Å². The molecule has 0 saturated heterocycles. The van der Waals surface area contributed by atoms with Crippen molar-refractivity contribution in [3.8, 4) is 11.4 Å². The summed E-state index contributed by atoms with van der Waals surface area (Å²) < 4.78 is 12.9. The number of nitrogens with one attached hydrogen (secondary N) is 1. The van der Waals surface area contributed by atoms with Crippen LogP contribution in [0.4, 0.5) is 0 Å². The molecule has 2 aromatic heterocycles. The first kappa shape index (κ1) is 14.8. The minimum atomic E-state index is 0.612. The standard InChI is InChI=1S/C13H18N4O2S/c1-18-8-9-19-7-3-6-17-12(15-16-13(17)20)11-4-2-5-14-10-11/h2,4-5,10H,3,6-9H2,1H3,(H,16,20). The highest BCUT2D eigenvalue weighted by Crippen LogP contribution is 2.15. The van der Waals surface area contributed by atoms with Gasteiger partial charge in [-0.1, -0.05) is 0 Å². The van der Waals surface area contributed by atoms with E-state index < -0.39 is 0 Å². The van der Waals surface area contributed by atoms with Gasteiger partial charge in [-0.3, -0.25) is 10.1 Å². The number of hydrogen-bond donors (Lipinski definition) is 1. The van der Waals surface area contributed by atoms with Crippen molar-refractivity contribution < 1.29 is 9.47 Å². The highest BCUT2D eigenvalue weighted by molar-refractivity contribution is 7.71. The number of ether oxygens (including phenoxy) is 2. The monoisotopic (exact) mass is 294 g/mol. The molecule has 0 atom stereocenters. The fourth-order valence-corrected chi connectivity index (χ4v) is 2.03. The van der Waals surface area contributed by atoms with E-state index in [-0.39, 0.29) is 0 Å². The number of hydrogen-bond acceptors (Lipinski definition) is 5. The van der Waals surface area contributed by atoms with Gasteiger partial charge in [-0.2, -0.15) is 5.10 Å². The average Bonchev–Trinajstić information content (AvgIpc) is 2.85. The Morgan fingerprint density at radius 2 is 2.25 bits per heavy atom. The molecule has 0 amide bonds. The van der Waals surface area contributed by atoms with Gasteiger partial charge in [0.2, 0.25) is 0 Å². The highest BCUT2D eigenvalue weighted by Gasteiger charge is 2.08. The molecule has 7 heteroatoms. The fourth-order valence-electron chi connectivity index (χ4n) is 1.81. The lowest BCUT2D eigenvalue weighted by molar-refractivity contribution is 0.0680. The smallest absolute Gasteiger partial charge is 0.195 e. The van der Waals surface area contributed by atoms with Gasteiger partial charge in [-0.25, -0.2) is 0 Å². The van der Waals surface area contributed by atoms with Crippen LogP contribution >= 0.6 is 12.2 Å². The number of aromatic nitrogens is 4. The van der Waals surface area contributed by atoms with Crippen molar-refractivity contribution in [1.29, 1.82) is 0 Å². The molecule has 1 N–H and O–H groups in total. The molecule has 2 heterocycles. The third-order valence-electron chi connectivity index (χ3n) is 2.78. The molecule has 2 aromatic rings. The van der Waals surface area contributed by atoms with E-state index in [2.05, 4.69) is 15.2 Å². The lowest BCUT2D eigenvalue weighted by atomic mass is 10.2. The molecule has 0 bridgehead atoms. The quantitative estimate of drug-likeness (QED) is 0.596. The SMILES string of the molecule is COCCOCCCn1c(-c2cccnc2)n[nH]c1=S. The predicted molar refractivity (Wildman–Crippen MR) is 78.0 cm³/mol. The molecule has 0 spiro atoms. The van der Waals surface area contributed by atoms with Crippen molar-refractivity contribution >= 4 is 12.2 Å². The molecule has 0 aliphatic carbocycles. The van der Waals surface area contributed by atoms with Crippen LogP contribution in [0.1, 0.15) is 6.42 Å².